The molecule has 1 saturated heterocycles. The van der Waals surface area contributed by atoms with Crippen molar-refractivity contribution in [1.82, 2.24) is 5.32 Å². The molecule has 0 aliphatic carbocycles. The third-order valence-electron chi connectivity index (χ3n) is 4.87. The summed E-state index contributed by atoms with van der Waals surface area (Å²) in [5, 5.41) is 7.98. The van der Waals surface area contributed by atoms with Crippen molar-refractivity contribution in [3.05, 3.63) is 57.4 Å². The van der Waals surface area contributed by atoms with Crippen LogP contribution in [0.25, 0.3) is 10.1 Å². The second kappa shape index (κ2) is 8.88. The highest BCUT2D eigenvalue weighted by Crippen LogP contribution is 2.36. The number of hydrogen-bond donors (Lipinski definition) is 2. The van der Waals surface area contributed by atoms with Crippen molar-refractivity contribution in [3.63, 3.8) is 0 Å². The highest BCUT2D eigenvalue weighted by molar-refractivity contribution is 7.80. The minimum Gasteiger partial charge on any atom is -0.370 e. The van der Waals surface area contributed by atoms with E-state index in [0.717, 1.165) is 34.6 Å². The van der Waals surface area contributed by atoms with Gasteiger partial charge in [-0.2, -0.15) is 0 Å². The zero-order valence-electron chi connectivity index (χ0n) is 15.5. The van der Waals surface area contributed by atoms with E-state index in [1.807, 2.05) is 24.3 Å². The van der Waals surface area contributed by atoms with Crippen LogP contribution in [0, 0.1) is 0 Å². The Morgan fingerprint density at radius 2 is 1.83 bits per heavy atom. The summed E-state index contributed by atoms with van der Waals surface area (Å²) < 4.78 is 0.863. The van der Waals surface area contributed by atoms with E-state index >= 15 is 0 Å². The van der Waals surface area contributed by atoms with Crippen LogP contribution in [-0.2, 0) is 0 Å². The molecule has 1 aromatic heterocycles. The first-order chi connectivity index (χ1) is 14.0. The summed E-state index contributed by atoms with van der Waals surface area (Å²) in [7, 11) is 0. The largest absolute Gasteiger partial charge is 0.370 e. The maximum Gasteiger partial charge on any atom is 0.269 e. The van der Waals surface area contributed by atoms with Gasteiger partial charge in [-0.25, -0.2) is 0 Å². The number of benzene rings is 2. The van der Waals surface area contributed by atoms with Crippen molar-refractivity contribution >= 4 is 79.2 Å². The summed E-state index contributed by atoms with van der Waals surface area (Å²) in [4.78, 5) is 15.5. The first-order valence-corrected chi connectivity index (χ1v) is 11.3. The number of carbonyl (C=O) groups is 1. The molecule has 1 aliphatic rings. The highest BCUT2D eigenvalue weighted by Gasteiger charge is 2.19. The van der Waals surface area contributed by atoms with Crippen LogP contribution >= 0.6 is 46.8 Å². The normalized spacial score (nSPS) is 14.1. The fourth-order valence-electron chi connectivity index (χ4n) is 3.49. The van der Waals surface area contributed by atoms with Gasteiger partial charge in [-0.1, -0.05) is 41.4 Å². The number of nitrogens with zero attached hydrogens (tertiary/aromatic N) is 1. The minimum atomic E-state index is -0.333. The fourth-order valence-corrected chi connectivity index (χ4v) is 5.38. The van der Waals surface area contributed by atoms with E-state index in [1.54, 1.807) is 12.1 Å². The Balaban J connectivity index is 1.49. The number of hydrogen-bond acceptors (Lipinski definition) is 4. The van der Waals surface area contributed by atoms with E-state index in [2.05, 4.69) is 21.6 Å². The Morgan fingerprint density at radius 1 is 1.07 bits per heavy atom. The van der Waals surface area contributed by atoms with E-state index in [-0.39, 0.29) is 11.0 Å². The third kappa shape index (κ3) is 4.51. The van der Waals surface area contributed by atoms with Crippen LogP contribution in [0.1, 0.15) is 28.9 Å². The molecule has 0 atom stereocenters. The quantitative estimate of drug-likeness (QED) is 0.445. The molecule has 2 aromatic carbocycles. The van der Waals surface area contributed by atoms with Crippen molar-refractivity contribution in [1.29, 1.82) is 0 Å². The number of piperidine rings is 1. The van der Waals surface area contributed by atoms with Crippen molar-refractivity contribution in [2.24, 2.45) is 0 Å². The predicted molar refractivity (Wildman–Crippen MR) is 128 cm³/mol. The zero-order chi connectivity index (χ0) is 20.4. The molecule has 0 unspecified atom stereocenters. The molecule has 2 heterocycles. The first kappa shape index (κ1) is 20.4. The van der Waals surface area contributed by atoms with Crippen LogP contribution in [-0.4, -0.2) is 24.1 Å². The molecule has 4 nitrogen and oxygen atoms in total. The minimum absolute atomic E-state index is 0.242. The van der Waals surface area contributed by atoms with E-state index in [4.69, 9.17) is 35.4 Å². The number of thiophene rings is 1. The summed E-state index contributed by atoms with van der Waals surface area (Å²) in [6.07, 6.45) is 3.63. The number of thiocarbonyl (C=S) groups is 1. The van der Waals surface area contributed by atoms with Gasteiger partial charge in [-0.3, -0.25) is 10.1 Å². The van der Waals surface area contributed by atoms with Gasteiger partial charge in [0.05, 0.1) is 16.4 Å². The topological polar surface area (TPSA) is 44.4 Å². The summed E-state index contributed by atoms with van der Waals surface area (Å²) in [6, 6.07) is 13.4. The number of rotatable bonds is 3. The zero-order valence-corrected chi connectivity index (χ0v) is 18.6. The molecule has 0 spiro atoms. The Kier molecular flexibility index (Phi) is 6.25. The Labute approximate surface area is 188 Å². The molecule has 0 bridgehead atoms. The van der Waals surface area contributed by atoms with Gasteiger partial charge in [0.15, 0.2) is 5.11 Å². The van der Waals surface area contributed by atoms with Gasteiger partial charge >= 0.3 is 0 Å². The van der Waals surface area contributed by atoms with Crippen LogP contribution in [0.5, 0.6) is 0 Å². The number of fused-ring (bicyclic) bond motifs is 1. The summed E-state index contributed by atoms with van der Waals surface area (Å²) in [6.45, 7) is 2.05. The van der Waals surface area contributed by atoms with Gasteiger partial charge in [-0.15, -0.1) is 11.3 Å². The number of nitrogens with one attached hydrogen (secondary N) is 2. The van der Waals surface area contributed by atoms with Crippen LogP contribution < -0.4 is 15.5 Å². The van der Waals surface area contributed by atoms with Gasteiger partial charge in [0.2, 0.25) is 0 Å². The Hall–Kier alpha value is -1.86. The Morgan fingerprint density at radius 3 is 2.62 bits per heavy atom. The molecule has 4 rings (SSSR count). The van der Waals surface area contributed by atoms with Crippen molar-refractivity contribution in [2.45, 2.75) is 19.3 Å². The lowest BCUT2D eigenvalue weighted by Gasteiger charge is -2.30. The van der Waals surface area contributed by atoms with E-state index in [1.165, 1.54) is 30.6 Å². The molecule has 1 fully saturated rings. The average Bonchev–Trinajstić information content (AvgIpc) is 3.05. The first-order valence-electron chi connectivity index (χ1n) is 9.37. The Bertz CT molecular complexity index is 1080. The van der Waals surface area contributed by atoms with E-state index in [9.17, 15) is 4.79 Å². The van der Waals surface area contributed by atoms with Crippen LogP contribution in [0.2, 0.25) is 10.0 Å². The molecule has 0 saturated carbocycles. The lowest BCUT2D eigenvalue weighted by molar-refractivity contribution is 0.0982. The van der Waals surface area contributed by atoms with Crippen LogP contribution in [0.3, 0.4) is 0 Å². The van der Waals surface area contributed by atoms with E-state index < -0.39 is 0 Å². The predicted octanol–water partition coefficient (Wildman–Crippen LogP) is 6.33. The molecule has 1 aliphatic heterocycles. The lowest BCUT2D eigenvalue weighted by Crippen LogP contribution is -2.35. The molecule has 8 heteroatoms. The number of anilines is 2. The van der Waals surface area contributed by atoms with Crippen molar-refractivity contribution in [3.8, 4) is 0 Å². The van der Waals surface area contributed by atoms with Gasteiger partial charge in [0, 0.05) is 28.2 Å². The van der Waals surface area contributed by atoms with Crippen molar-refractivity contribution < 1.29 is 4.79 Å². The number of carbonyl (C=O) groups excluding carboxylic acids is 1. The fraction of sp³-hybridized carbons (Fsp3) is 0.238. The summed E-state index contributed by atoms with van der Waals surface area (Å²) >= 11 is 19.1. The molecule has 1 amide bonds. The monoisotopic (exact) mass is 463 g/mol. The van der Waals surface area contributed by atoms with Gasteiger partial charge in [-0.05, 0) is 55.7 Å². The van der Waals surface area contributed by atoms with Gasteiger partial charge in [0.1, 0.15) is 4.88 Å². The molecule has 3 aromatic rings. The summed E-state index contributed by atoms with van der Waals surface area (Å²) in [5.41, 5.74) is 1.98. The molecule has 0 radical (unpaired) electrons. The lowest BCUT2D eigenvalue weighted by atomic mass is 10.1. The molecule has 2 N–H and O–H groups in total. The van der Waals surface area contributed by atoms with Gasteiger partial charge < -0.3 is 10.2 Å². The maximum absolute atomic E-state index is 12.8. The van der Waals surface area contributed by atoms with Gasteiger partial charge in [0.25, 0.3) is 5.91 Å². The summed E-state index contributed by atoms with van der Waals surface area (Å²) in [5.74, 6) is -0.333. The number of halogens is 2. The average molecular weight is 464 g/mol. The van der Waals surface area contributed by atoms with Crippen LogP contribution in [0.15, 0.2) is 42.5 Å². The second-order valence-electron chi connectivity index (χ2n) is 6.86. The number of amides is 1. The standard InChI is InChI=1S/C21H19Cl2N3OS2/c22-13-8-9-14-17(12-13)29-19(18(14)23)20(27)25-21(28)24-15-6-2-3-7-16(15)26-10-4-1-5-11-26/h2-3,6-9,12H,1,4-5,10-11H2,(H2,24,25,27,28). The molecular weight excluding hydrogens is 445 g/mol. The molecule has 150 valence electrons. The smallest absolute Gasteiger partial charge is 0.269 e. The van der Waals surface area contributed by atoms with Crippen molar-refractivity contribution in [2.75, 3.05) is 23.3 Å². The highest BCUT2D eigenvalue weighted by atomic mass is 35.5. The van der Waals surface area contributed by atoms with E-state index in [0.29, 0.717) is 14.9 Å². The molecular formula is C21H19Cl2N3OS2. The number of para-hydroxylation sites is 2. The second-order valence-corrected chi connectivity index (χ2v) is 9.13. The maximum atomic E-state index is 12.8. The SMILES string of the molecule is O=C(NC(=S)Nc1ccccc1N1CCCCC1)c1sc2cc(Cl)ccc2c1Cl. The molecule has 29 heavy (non-hydrogen) atoms. The van der Waals surface area contributed by atoms with Crippen LogP contribution in [0.4, 0.5) is 11.4 Å². The third-order valence-corrected chi connectivity index (χ3v) is 6.97.